The van der Waals surface area contributed by atoms with Crippen molar-refractivity contribution >= 4 is 17.4 Å². The highest BCUT2D eigenvalue weighted by Crippen LogP contribution is 2.32. The molecule has 1 aromatic rings. The van der Waals surface area contributed by atoms with Crippen molar-refractivity contribution in [2.24, 2.45) is 5.92 Å². The summed E-state index contributed by atoms with van der Waals surface area (Å²) in [5.74, 6) is -0.511. The van der Waals surface area contributed by atoms with Crippen molar-refractivity contribution < 1.29 is 13.2 Å². The number of aromatic nitrogens is 2. The Morgan fingerprint density at radius 1 is 1.32 bits per heavy atom. The van der Waals surface area contributed by atoms with Crippen molar-refractivity contribution in [3.8, 4) is 0 Å². The summed E-state index contributed by atoms with van der Waals surface area (Å²) < 4.78 is 38.1. The van der Waals surface area contributed by atoms with Crippen LogP contribution in [0.15, 0.2) is 6.07 Å². The zero-order valence-corrected chi connectivity index (χ0v) is 11.5. The van der Waals surface area contributed by atoms with Gasteiger partial charge in [-0.3, -0.25) is 0 Å². The Hall–Kier alpha value is -1.04. The van der Waals surface area contributed by atoms with E-state index in [2.05, 4.69) is 16.9 Å². The normalized spacial score (nSPS) is 24.6. The maximum Gasteiger partial charge on any atom is 0.451 e. The first-order chi connectivity index (χ1) is 8.79. The van der Waals surface area contributed by atoms with Crippen LogP contribution in [0.1, 0.15) is 32.5 Å². The molecule has 2 unspecified atom stereocenters. The molecule has 0 aromatic carbocycles. The van der Waals surface area contributed by atoms with Crippen molar-refractivity contribution in [3.05, 3.63) is 17.0 Å². The second kappa shape index (κ2) is 5.15. The first-order valence-corrected chi connectivity index (χ1v) is 6.55. The largest absolute Gasteiger partial charge is 0.451 e. The van der Waals surface area contributed by atoms with Crippen molar-refractivity contribution in [1.82, 2.24) is 9.97 Å². The lowest BCUT2D eigenvalue weighted by Crippen LogP contribution is -2.43. The lowest BCUT2D eigenvalue weighted by molar-refractivity contribution is -0.144. The minimum absolute atomic E-state index is 0.140. The summed E-state index contributed by atoms with van der Waals surface area (Å²) in [4.78, 5) is 8.74. The summed E-state index contributed by atoms with van der Waals surface area (Å²) in [6.07, 6.45) is -2.57. The average Bonchev–Trinajstić information content (AvgIpc) is 2.31. The monoisotopic (exact) mass is 293 g/mol. The Morgan fingerprint density at radius 2 is 2.00 bits per heavy atom. The van der Waals surface area contributed by atoms with Gasteiger partial charge in [0.05, 0.1) is 0 Å². The molecule has 1 fully saturated rings. The van der Waals surface area contributed by atoms with Gasteiger partial charge in [0.25, 0.3) is 0 Å². The van der Waals surface area contributed by atoms with Gasteiger partial charge in [0.1, 0.15) is 11.0 Å². The fraction of sp³-hybridized carbons (Fsp3) is 0.667. The van der Waals surface area contributed by atoms with Gasteiger partial charge in [-0.05, 0) is 25.7 Å². The Kier molecular flexibility index (Phi) is 3.90. The van der Waals surface area contributed by atoms with E-state index in [9.17, 15) is 13.2 Å². The Morgan fingerprint density at radius 3 is 2.63 bits per heavy atom. The van der Waals surface area contributed by atoms with Gasteiger partial charge in [-0.1, -0.05) is 18.5 Å². The summed E-state index contributed by atoms with van der Waals surface area (Å²) >= 11 is 5.68. The lowest BCUT2D eigenvalue weighted by Gasteiger charge is -2.38. The molecule has 2 atom stereocenters. The molecule has 2 heterocycles. The number of piperidine rings is 1. The van der Waals surface area contributed by atoms with E-state index in [4.69, 9.17) is 11.6 Å². The predicted molar refractivity (Wildman–Crippen MR) is 67.3 cm³/mol. The molecule has 0 N–H and O–H groups in total. The van der Waals surface area contributed by atoms with Crippen LogP contribution in [0.5, 0.6) is 0 Å². The lowest BCUT2D eigenvalue weighted by atomic mass is 9.92. The van der Waals surface area contributed by atoms with Gasteiger partial charge in [0, 0.05) is 18.7 Å². The highest BCUT2D eigenvalue weighted by atomic mass is 35.5. The van der Waals surface area contributed by atoms with Gasteiger partial charge in [-0.15, -0.1) is 0 Å². The number of rotatable bonds is 1. The summed E-state index contributed by atoms with van der Waals surface area (Å²) in [5.41, 5.74) is 0. The third kappa shape index (κ3) is 3.11. The second-order valence-electron chi connectivity index (χ2n) is 4.92. The number of hydrogen-bond acceptors (Lipinski definition) is 3. The fourth-order valence-electron chi connectivity index (χ4n) is 2.34. The van der Waals surface area contributed by atoms with Crippen LogP contribution < -0.4 is 4.90 Å². The molecule has 0 bridgehead atoms. The van der Waals surface area contributed by atoms with Crippen molar-refractivity contribution in [1.29, 1.82) is 0 Å². The Labute approximate surface area is 114 Å². The van der Waals surface area contributed by atoms with Crippen LogP contribution in [0.3, 0.4) is 0 Å². The predicted octanol–water partition coefficient (Wildman–Crippen LogP) is 3.77. The summed E-state index contributed by atoms with van der Waals surface area (Å²) in [6.45, 7) is 4.77. The summed E-state index contributed by atoms with van der Waals surface area (Å²) in [5, 5.41) is -0.178. The molecule has 3 nitrogen and oxygen atoms in total. The minimum Gasteiger partial charge on any atom is -0.353 e. The van der Waals surface area contributed by atoms with E-state index in [0.29, 0.717) is 12.5 Å². The molecule has 106 valence electrons. The third-order valence-corrected chi connectivity index (χ3v) is 3.80. The van der Waals surface area contributed by atoms with Crippen LogP contribution >= 0.6 is 11.6 Å². The Balaban J connectivity index is 2.36. The molecule has 19 heavy (non-hydrogen) atoms. The highest BCUT2D eigenvalue weighted by molar-refractivity contribution is 6.29. The molecule has 1 aliphatic rings. The van der Waals surface area contributed by atoms with E-state index < -0.39 is 12.0 Å². The van der Waals surface area contributed by atoms with E-state index >= 15 is 0 Å². The molecular formula is C12H15ClF3N3. The third-order valence-electron chi connectivity index (χ3n) is 3.60. The SMILES string of the molecule is CC1CCCN(c2cc(Cl)nc(C(F)(F)F)n2)C1C. The standard InChI is InChI=1S/C12H15ClF3N3/c1-7-4-3-5-19(8(7)2)10-6-9(13)17-11(18-10)12(14,15)16/h6-8H,3-5H2,1-2H3. The van der Waals surface area contributed by atoms with Gasteiger partial charge in [0.15, 0.2) is 0 Å². The molecule has 0 amide bonds. The van der Waals surface area contributed by atoms with E-state index in [-0.39, 0.29) is 17.0 Å². The van der Waals surface area contributed by atoms with Crippen LogP contribution in [-0.2, 0) is 6.18 Å². The molecule has 0 aliphatic carbocycles. The number of halogens is 4. The number of hydrogen-bond donors (Lipinski definition) is 0. The van der Waals surface area contributed by atoms with Crippen LogP contribution in [0.25, 0.3) is 0 Å². The second-order valence-corrected chi connectivity index (χ2v) is 5.31. The van der Waals surface area contributed by atoms with E-state index in [1.807, 2.05) is 11.8 Å². The van der Waals surface area contributed by atoms with Gasteiger partial charge in [-0.2, -0.15) is 13.2 Å². The number of anilines is 1. The van der Waals surface area contributed by atoms with Crippen LogP contribution in [0.2, 0.25) is 5.15 Å². The van der Waals surface area contributed by atoms with Crippen LogP contribution in [0.4, 0.5) is 19.0 Å². The van der Waals surface area contributed by atoms with Gasteiger partial charge >= 0.3 is 6.18 Å². The number of alkyl halides is 3. The zero-order valence-electron chi connectivity index (χ0n) is 10.7. The smallest absolute Gasteiger partial charge is 0.353 e. The van der Waals surface area contributed by atoms with Crippen molar-refractivity contribution in [3.63, 3.8) is 0 Å². The van der Waals surface area contributed by atoms with Gasteiger partial charge < -0.3 is 4.90 Å². The molecule has 2 rings (SSSR count). The van der Waals surface area contributed by atoms with E-state index in [1.165, 1.54) is 6.07 Å². The first kappa shape index (κ1) is 14.4. The minimum atomic E-state index is -4.58. The molecule has 0 saturated carbocycles. The molecule has 0 radical (unpaired) electrons. The molecular weight excluding hydrogens is 279 g/mol. The average molecular weight is 294 g/mol. The first-order valence-electron chi connectivity index (χ1n) is 6.17. The maximum absolute atomic E-state index is 12.7. The summed E-state index contributed by atoms with van der Waals surface area (Å²) in [7, 11) is 0. The fourth-order valence-corrected chi connectivity index (χ4v) is 2.52. The number of nitrogens with zero attached hydrogens (tertiary/aromatic N) is 3. The molecule has 1 saturated heterocycles. The van der Waals surface area contributed by atoms with Gasteiger partial charge in [-0.25, -0.2) is 9.97 Å². The van der Waals surface area contributed by atoms with E-state index in [1.54, 1.807) is 0 Å². The zero-order chi connectivity index (χ0) is 14.2. The topological polar surface area (TPSA) is 29.0 Å². The molecule has 1 aliphatic heterocycles. The van der Waals surface area contributed by atoms with Gasteiger partial charge in [0.2, 0.25) is 5.82 Å². The van der Waals surface area contributed by atoms with E-state index in [0.717, 1.165) is 12.8 Å². The van der Waals surface area contributed by atoms with Crippen LogP contribution in [0, 0.1) is 5.92 Å². The highest BCUT2D eigenvalue weighted by Gasteiger charge is 2.36. The quantitative estimate of drug-likeness (QED) is 0.738. The van der Waals surface area contributed by atoms with Crippen molar-refractivity contribution in [2.75, 3.05) is 11.4 Å². The maximum atomic E-state index is 12.7. The molecule has 1 aromatic heterocycles. The van der Waals surface area contributed by atoms with Crippen LogP contribution in [-0.4, -0.2) is 22.6 Å². The molecule has 7 heteroatoms. The Bertz CT molecular complexity index is 464. The van der Waals surface area contributed by atoms with Crippen molar-refractivity contribution in [2.45, 2.75) is 38.9 Å². The molecule has 0 spiro atoms. The summed E-state index contributed by atoms with van der Waals surface area (Å²) in [6, 6.07) is 1.53.